The highest BCUT2D eigenvalue weighted by Gasteiger charge is 2.20. The minimum absolute atomic E-state index is 0.149. The average molecular weight is 413 g/mol. The van der Waals surface area contributed by atoms with Gasteiger partial charge < -0.3 is 9.47 Å². The molecular formula is C26H52O3. The van der Waals surface area contributed by atoms with Crippen LogP contribution in [-0.2, 0) is 14.3 Å². The smallest absolute Gasteiger partial charge is 0.335 e. The van der Waals surface area contributed by atoms with Gasteiger partial charge in [-0.15, -0.1) is 0 Å². The number of carbonyl (C=O) groups is 1. The highest BCUT2D eigenvalue weighted by atomic mass is 16.6. The summed E-state index contributed by atoms with van der Waals surface area (Å²) in [5, 5.41) is 0. The molecular weight excluding hydrogens is 360 g/mol. The van der Waals surface area contributed by atoms with E-state index in [1.807, 2.05) is 0 Å². The van der Waals surface area contributed by atoms with Crippen LogP contribution < -0.4 is 0 Å². The molecule has 0 aliphatic rings. The van der Waals surface area contributed by atoms with Gasteiger partial charge in [0.2, 0.25) is 0 Å². The maximum Gasteiger partial charge on any atom is 0.335 e. The van der Waals surface area contributed by atoms with Gasteiger partial charge in [-0.3, -0.25) is 0 Å². The summed E-state index contributed by atoms with van der Waals surface area (Å²) in [4.78, 5) is 12.2. The van der Waals surface area contributed by atoms with Crippen molar-refractivity contribution in [2.24, 2.45) is 0 Å². The minimum Gasteiger partial charge on any atom is -0.464 e. The van der Waals surface area contributed by atoms with E-state index < -0.39 is 0 Å². The van der Waals surface area contributed by atoms with Gasteiger partial charge in [-0.05, 0) is 19.3 Å². The molecule has 0 spiro atoms. The Morgan fingerprint density at radius 1 is 0.552 bits per heavy atom. The molecule has 0 rings (SSSR count). The molecule has 1 atom stereocenters. The number of carbonyl (C=O) groups excluding carboxylic acids is 1. The van der Waals surface area contributed by atoms with Gasteiger partial charge in [0, 0.05) is 6.61 Å². The van der Waals surface area contributed by atoms with Gasteiger partial charge in [-0.1, -0.05) is 124 Å². The van der Waals surface area contributed by atoms with Crippen LogP contribution in [0.2, 0.25) is 0 Å². The van der Waals surface area contributed by atoms with E-state index in [1.54, 1.807) is 0 Å². The lowest BCUT2D eigenvalue weighted by Gasteiger charge is -2.17. The van der Waals surface area contributed by atoms with Crippen molar-refractivity contribution in [3.8, 4) is 0 Å². The Balaban J connectivity index is 3.61. The van der Waals surface area contributed by atoms with Crippen LogP contribution in [0, 0.1) is 0 Å². The van der Waals surface area contributed by atoms with Crippen molar-refractivity contribution in [2.75, 3.05) is 13.2 Å². The molecule has 0 aromatic rings. The van der Waals surface area contributed by atoms with Crippen LogP contribution in [0.4, 0.5) is 0 Å². The van der Waals surface area contributed by atoms with Gasteiger partial charge in [0.25, 0.3) is 0 Å². The van der Waals surface area contributed by atoms with Crippen molar-refractivity contribution in [3.05, 3.63) is 0 Å². The third-order valence-corrected chi connectivity index (χ3v) is 5.64. The SMILES string of the molecule is CCCCCCCCCCCCCCCCC(OCCCC)C(=O)OCCCC. The molecule has 0 fully saturated rings. The van der Waals surface area contributed by atoms with E-state index in [0.717, 1.165) is 38.5 Å². The third-order valence-electron chi connectivity index (χ3n) is 5.64. The molecule has 0 aromatic heterocycles. The summed E-state index contributed by atoms with van der Waals surface area (Å²) in [6.07, 6.45) is 23.5. The molecule has 0 N–H and O–H groups in total. The standard InChI is InChI=1S/C26H52O3/c1-4-7-10-11-12-13-14-15-16-17-18-19-20-21-22-25(28-23-8-5-2)26(27)29-24-9-6-3/h25H,4-24H2,1-3H3. The van der Waals surface area contributed by atoms with E-state index in [9.17, 15) is 4.79 Å². The predicted molar refractivity (Wildman–Crippen MR) is 125 cm³/mol. The fourth-order valence-electron chi connectivity index (χ4n) is 3.57. The van der Waals surface area contributed by atoms with Gasteiger partial charge in [0.15, 0.2) is 6.10 Å². The Morgan fingerprint density at radius 2 is 0.966 bits per heavy atom. The average Bonchev–Trinajstić information content (AvgIpc) is 2.72. The van der Waals surface area contributed by atoms with Crippen LogP contribution in [0.15, 0.2) is 0 Å². The van der Waals surface area contributed by atoms with Gasteiger partial charge in [0.05, 0.1) is 6.61 Å². The van der Waals surface area contributed by atoms with Gasteiger partial charge in [-0.2, -0.15) is 0 Å². The van der Waals surface area contributed by atoms with E-state index in [-0.39, 0.29) is 12.1 Å². The van der Waals surface area contributed by atoms with Crippen LogP contribution in [-0.4, -0.2) is 25.3 Å². The summed E-state index contributed by atoms with van der Waals surface area (Å²) in [6, 6.07) is 0. The zero-order valence-electron chi connectivity index (χ0n) is 20.2. The van der Waals surface area contributed by atoms with Gasteiger partial charge in [-0.25, -0.2) is 4.79 Å². The second kappa shape index (κ2) is 23.7. The van der Waals surface area contributed by atoms with Crippen molar-refractivity contribution >= 4 is 5.97 Å². The largest absolute Gasteiger partial charge is 0.464 e. The van der Waals surface area contributed by atoms with Crippen molar-refractivity contribution in [3.63, 3.8) is 0 Å². The van der Waals surface area contributed by atoms with Crippen LogP contribution in [0.3, 0.4) is 0 Å². The Kier molecular flexibility index (Phi) is 23.2. The molecule has 3 heteroatoms. The predicted octanol–water partition coefficient (Wildman–Crippen LogP) is 8.39. The monoisotopic (exact) mass is 412 g/mol. The number of ether oxygens (including phenoxy) is 2. The Labute approximate surface area is 182 Å². The van der Waals surface area contributed by atoms with E-state index in [4.69, 9.17) is 9.47 Å². The van der Waals surface area contributed by atoms with Crippen molar-refractivity contribution in [1.29, 1.82) is 0 Å². The fourth-order valence-corrected chi connectivity index (χ4v) is 3.57. The lowest BCUT2D eigenvalue weighted by atomic mass is 10.0. The molecule has 3 nitrogen and oxygen atoms in total. The second-order valence-electron chi connectivity index (χ2n) is 8.62. The summed E-state index contributed by atoms with van der Waals surface area (Å²) in [7, 11) is 0. The molecule has 0 heterocycles. The lowest BCUT2D eigenvalue weighted by molar-refractivity contribution is -0.158. The van der Waals surface area contributed by atoms with Gasteiger partial charge in [0.1, 0.15) is 0 Å². The summed E-state index contributed by atoms with van der Waals surface area (Å²) >= 11 is 0. The molecule has 0 amide bonds. The van der Waals surface area contributed by atoms with E-state index in [0.29, 0.717) is 13.2 Å². The molecule has 0 aliphatic carbocycles. The first-order valence-electron chi connectivity index (χ1n) is 13.0. The highest BCUT2D eigenvalue weighted by molar-refractivity contribution is 5.74. The molecule has 0 bridgehead atoms. The molecule has 0 aliphatic heterocycles. The number of hydrogen-bond donors (Lipinski definition) is 0. The Hall–Kier alpha value is -0.570. The topological polar surface area (TPSA) is 35.5 Å². The first-order chi connectivity index (χ1) is 14.3. The maximum absolute atomic E-state index is 12.2. The van der Waals surface area contributed by atoms with Crippen molar-refractivity contribution in [2.45, 2.75) is 149 Å². The zero-order chi connectivity index (χ0) is 21.4. The minimum atomic E-state index is -0.351. The second-order valence-corrected chi connectivity index (χ2v) is 8.62. The Bertz CT molecular complexity index is 330. The molecule has 0 radical (unpaired) electrons. The first-order valence-corrected chi connectivity index (χ1v) is 13.0. The van der Waals surface area contributed by atoms with E-state index >= 15 is 0 Å². The molecule has 0 aromatic carbocycles. The number of rotatable bonds is 23. The molecule has 0 saturated heterocycles. The Morgan fingerprint density at radius 3 is 1.45 bits per heavy atom. The van der Waals surface area contributed by atoms with Crippen molar-refractivity contribution < 1.29 is 14.3 Å². The molecule has 1 unspecified atom stereocenters. The van der Waals surface area contributed by atoms with Crippen LogP contribution >= 0.6 is 0 Å². The zero-order valence-corrected chi connectivity index (χ0v) is 20.2. The number of esters is 1. The number of unbranched alkanes of at least 4 members (excludes halogenated alkanes) is 15. The number of hydrogen-bond acceptors (Lipinski definition) is 3. The van der Waals surface area contributed by atoms with Gasteiger partial charge >= 0.3 is 5.97 Å². The fraction of sp³-hybridized carbons (Fsp3) is 0.962. The van der Waals surface area contributed by atoms with Crippen LogP contribution in [0.5, 0.6) is 0 Å². The lowest BCUT2D eigenvalue weighted by Crippen LogP contribution is -2.27. The van der Waals surface area contributed by atoms with Crippen molar-refractivity contribution in [1.82, 2.24) is 0 Å². The normalized spacial score (nSPS) is 12.2. The van der Waals surface area contributed by atoms with E-state index in [1.165, 1.54) is 83.5 Å². The quantitative estimate of drug-likeness (QED) is 0.125. The summed E-state index contributed by atoms with van der Waals surface area (Å²) < 4.78 is 11.2. The maximum atomic E-state index is 12.2. The summed E-state index contributed by atoms with van der Waals surface area (Å²) in [6.45, 7) is 7.73. The molecule has 29 heavy (non-hydrogen) atoms. The third kappa shape index (κ3) is 20.5. The summed E-state index contributed by atoms with van der Waals surface area (Å²) in [5.41, 5.74) is 0. The van der Waals surface area contributed by atoms with Crippen LogP contribution in [0.1, 0.15) is 143 Å². The molecule has 174 valence electrons. The highest BCUT2D eigenvalue weighted by Crippen LogP contribution is 2.15. The van der Waals surface area contributed by atoms with E-state index in [2.05, 4.69) is 20.8 Å². The van der Waals surface area contributed by atoms with Crippen LogP contribution in [0.25, 0.3) is 0 Å². The molecule has 0 saturated carbocycles. The summed E-state index contributed by atoms with van der Waals surface area (Å²) in [5.74, 6) is -0.149. The first kappa shape index (κ1) is 28.4.